The first-order valence-electron chi connectivity index (χ1n) is 5.00. The van der Waals surface area contributed by atoms with Crippen LogP contribution in [0.25, 0.3) is 0 Å². The zero-order valence-electron chi connectivity index (χ0n) is 9.39. The summed E-state index contributed by atoms with van der Waals surface area (Å²) in [4.78, 5) is 2.15. The van der Waals surface area contributed by atoms with Gasteiger partial charge in [-0.05, 0) is 0 Å². The van der Waals surface area contributed by atoms with Gasteiger partial charge < -0.3 is 10.5 Å². The van der Waals surface area contributed by atoms with Gasteiger partial charge in [-0.15, -0.1) is 12.4 Å². The van der Waals surface area contributed by atoms with Gasteiger partial charge in [0.15, 0.2) is 0 Å². The van der Waals surface area contributed by atoms with Crippen LogP contribution in [-0.2, 0) is 14.8 Å². The Kier molecular flexibility index (Phi) is 7.45. The molecule has 98 valence electrons. The van der Waals surface area contributed by atoms with Crippen LogP contribution in [0.3, 0.4) is 0 Å². The number of rotatable bonds is 5. The number of hydrogen-bond donors (Lipinski definition) is 2. The first kappa shape index (κ1) is 16.1. The minimum absolute atomic E-state index is 0. The largest absolute Gasteiger partial charge is 0.374 e. The van der Waals surface area contributed by atoms with Gasteiger partial charge in [-0.3, -0.25) is 4.90 Å². The third-order valence-corrected chi connectivity index (χ3v) is 3.01. The van der Waals surface area contributed by atoms with Crippen LogP contribution in [-0.4, -0.2) is 65.0 Å². The van der Waals surface area contributed by atoms with Crippen molar-refractivity contribution in [2.45, 2.75) is 6.10 Å². The highest BCUT2D eigenvalue weighted by Gasteiger charge is 2.18. The lowest BCUT2D eigenvalue weighted by Gasteiger charge is -2.32. The van der Waals surface area contributed by atoms with Crippen LogP contribution in [0, 0.1) is 0 Å². The number of nitrogens with two attached hydrogens (primary N) is 1. The number of nitrogens with zero attached hydrogens (tertiary/aromatic N) is 1. The molecule has 1 heterocycles. The Morgan fingerprint density at radius 2 is 2.25 bits per heavy atom. The van der Waals surface area contributed by atoms with E-state index in [2.05, 4.69) is 9.62 Å². The van der Waals surface area contributed by atoms with E-state index in [1.165, 1.54) is 0 Å². The third-order valence-electron chi connectivity index (χ3n) is 2.28. The molecule has 0 aromatic heterocycles. The average Bonchev–Trinajstić information content (AvgIpc) is 2.16. The molecule has 1 rings (SSSR count). The quantitative estimate of drug-likeness (QED) is 0.645. The van der Waals surface area contributed by atoms with Crippen LogP contribution in [0.15, 0.2) is 0 Å². The molecule has 0 saturated carbocycles. The molecule has 6 nitrogen and oxygen atoms in total. The number of sulfonamides is 1. The van der Waals surface area contributed by atoms with Crippen LogP contribution in [0.2, 0.25) is 0 Å². The van der Waals surface area contributed by atoms with Crippen molar-refractivity contribution < 1.29 is 13.2 Å². The molecule has 0 aliphatic carbocycles. The number of morpholine rings is 1. The van der Waals surface area contributed by atoms with E-state index < -0.39 is 10.0 Å². The first-order valence-corrected chi connectivity index (χ1v) is 6.89. The molecule has 1 saturated heterocycles. The Morgan fingerprint density at radius 1 is 1.56 bits per heavy atom. The maximum atomic E-state index is 10.8. The minimum Gasteiger partial charge on any atom is -0.374 e. The van der Waals surface area contributed by atoms with Crippen molar-refractivity contribution in [2.75, 3.05) is 45.6 Å². The summed E-state index contributed by atoms with van der Waals surface area (Å²) in [5.74, 6) is 0. The Labute approximate surface area is 103 Å². The summed E-state index contributed by atoms with van der Waals surface area (Å²) < 4.78 is 29.5. The summed E-state index contributed by atoms with van der Waals surface area (Å²) in [7, 11) is -3.08. The number of halogens is 1. The van der Waals surface area contributed by atoms with E-state index in [1.807, 2.05) is 0 Å². The Bertz CT molecular complexity index is 286. The minimum atomic E-state index is -3.08. The highest BCUT2D eigenvalue weighted by molar-refractivity contribution is 7.88. The van der Waals surface area contributed by atoms with E-state index in [0.29, 0.717) is 26.2 Å². The van der Waals surface area contributed by atoms with Crippen molar-refractivity contribution in [1.29, 1.82) is 0 Å². The van der Waals surface area contributed by atoms with Crippen molar-refractivity contribution in [1.82, 2.24) is 9.62 Å². The van der Waals surface area contributed by atoms with Crippen LogP contribution >= 0.6 is 12.4 Å². The third kappa shape index (κ3) is 6.62. The summed E-state index contributed by atoms with van der Waals surface area (Å²) in [5.41, 5.74) is 5.50. The first-order chi connectivity index (χ1) is 7.01. The Hall–Kier alpha value is 0.0800. The molecule has 0 aromatic carbocycles. The van der Waals surface area contributed by atoms with Gasteiger partial charge in [0, 0.05) is 32.7 Å². The van der Waals surface area contributed by atoms with Crippen molar-refractivity contribution in [3.05, 3.63) is 0 Å². The van der Waals surface area contributed by atoms with Gasteiger partial charge in [-0.1, -0.05) is 0 Å². The van der Waals surface area contributed by atoms with E-state index in [9.17, 15) is 8.42 Å². The lowest BCUT2D eigenvalue weighted by Crippen LogP contribution is -2.47. The Morgan fingerprint density at radius 3 is 2.81 bits per heavy atom. The number of nitrogens with one attached hydrogen (secondary N) is 1. The van der Waals surface area contributed by atoms with E-state index >= 15 is 0 Å². The predicted molar refractivity (Wildman–Crippen MR) is 65.3 cm³/mol. The summed E-state index contributed by atoms with van der Waals surface area (Å²) in [5, 5.41) is 0. The second kappa shape index (κ2) is 7.41. The molecule has 0 bridgehead atoms. The summed E-state index contributed by atoms with van der Waals surface area (Å²) in [6, 6.07) is 0. The zero-order valence-corrected chi connectivity index (χ0v) is 11.0. The van der Waals surface area contributed by atoms with Crippen molar-refractivity contribution in [3.8, 4) is 0 Å². The number of ether oxygens (including phenoxy) is 1. The highest BCUT2D eigenvalue weighted by Crippen LogP contribution is 2.02. The van der Waals surface area contributed by atoms with E-state index in [-0.39, 0.29) is 18.5 Å². The van der Waals surface area contributed by atoms with Crippen LogP contribution in [0.5, 0.6) is 0 Å². The molecule has 1 fully saturated rings. The van der Waals surface area contributed by atoms with Crippen molar-refractivity contribution in [2.24, 2.45) is 5.73 Å². The smallest absolute Gasteiger partial charge is 0.208 e. The lowest BCUT2D eigenvalue weighted by atomic mass is 10.3. The molecule has 1 unspecified atom stereocenters. The Balaban J connectivity index is 0.00000225. The molecular weight excluding hydrogens is 254 g/mol. The molecule has 3 N–H and O–H groups in total. The van der Waals surface area contributed by atoms with Crippen LogP contribution in [0.1, 0.15) is 0 Å². The maximum absolute atomic E-state index is 10.8. The molecule has 1 atom stereocenters. The fourth-order valence-electron chi connectivity index (χ4n) is 1.52. The summed E-state index contributed by atoms with van der Waals surface area (Å²) in [6.45, 7) is 3.93. The normalized spacial score (nSPS) is 22.8. The van der Waals surface area contributed by atoms with E-state index in [1.54, 1.807) is 0 Å². The van der Waals surface area contributed by atoms with Gasteiger partial charge >= 0.3 is 0 Å². The fourth-order valence-corrected chi connectivity index (χ4v) is 1.98. The summed E-state index contributed by atoms with van der Waals surface area (Å²) >= 11 is 0. The van der Waals surface area contributed by atoms with Crippen molar-refractivity contribution >= 4 is 22.4 Å². The van der Waals surface area contributed by atoms with Gasteiger partial charge in [-0.25, -0.2) is 13.1 Å². The second-order valence-electron chi connectivity index (χ2n) is 3.70. The summed E-state index contributed by atoms with van der Waals surface area (Å²) in [6.07, 6.45) is 1.24. The SMILES string of the molecule is CS(=O)(=O)NCCN1CCOC(CN)C1.Cl. The van der Waals surface area contributed by atoms with Gasteiger partial charge in [0.1, 0.15) is 0 Å². The van der Waals surface area contributed by atoms with Gasteiger partial charge in [0.2, 0.25) is 10.0 Å². The predicted octanol–water partition coefficient (Wildman–Crippen LogP) is -1.38. The molecule has 1 aliphatic rings. The molecule has 8 heteroatoms. The van der Waals surface area contributed by atoms with Crippen LogP contribution < -0.4 is 10.5 Å². The second-order valence-corrected chi connectivity index (χ2v) is 5.53. The van der Waals surface area contributed by atoms with Crippen LogP contribution in [0.4, 0.5) is 0 Å². The zero-order chi connectivity index (χ0) is 11.3. The molecule has 0 spiro atoms. The lowest BCUT2D eigenvalue weighted by molar-refractivity contribution is -0.0221. The average molecular weight is 274 g/mol. The standard InChI is InChI=1S/C8H19N3O3S.ClH/c1-15(12,13)10-2-3-11-4-5-14-8(6-9)7-11;/h8,10H,2-7,9H2,1H3;1H. The highest BCUT2D eigenvalue weighted by atomic mass is 35.5. The molecule has 0 amide bonds. The molecule has 1 aliphatic heterocycles. The molecular formula is C8H20ClN3O3S. The topological polar surface area (TPSA) is 84.7 Å². The molecule has 0 radical (unpaired) electrons. The molecule has 0 aromatic rings. The fraction of sp³-hybridized carbons (Fsp3) is 1.00. The monoisotopic (exact) mass is 273 g/mol. The number of hydrogen-bond acceptors (Lipinski definition) is 5. The van der Waals surface area contributed by atoms with Crippen molar-refractivity contribution in [3.63, 3.8) is 0 Å². The van der Waals surface area contributed by atoms with E-state index in [0.717, 1.165) is 19.3 Å². The molecule has 16 heavy (non-hydrogen) atoms. The van der Waals surface area contributed by atoms with Gasteiger partial charge in [-0.2, -0.15) is 0 Å². The maximum Gasteiger partial charge on any atom is 0.208 e. The van der Waals surface area contributed by atoms with E-state index in [4.69, 9.17) is 10.5 Å². The van der Waals surface area contributed by atoms with Gasteiger partial charge in [0.05, 0.1) is 19.0 Å². The van der Waals surface area contributed by atoms with Gasteiger partial charge in [0.25, 0.3) is 0 Å².